The van der Waals surface area contributed by atoms with Crippen molar-refractivity contribution in [2.45, 2.75) is 0 Å². The number of benzene rings is 2. The van der Waals surface area contributed by atoms with Crippen LogP contribution in [0.5, 0.6) is 0 Å². The largest absolute Gasteiger partial charge is 0.465 e. The van der Waals surface area contributed by atoms with Crippen LogP contribution < -0.4 is 10.0 Å². The molecule has 0 aliphatic rings. The van der Waals surface area contributed by atoms with Crippen molar-refractivity contribution < 1.29 is 32.3 Å². The molecule has 2 aromatic rings. The maximum Gasteiger partial charge on any atom is 0.337 e. The van der Waals surface area contributed by atoms with E-state index >= 15 is 0 Å². The molecule has 0 radical (unpaired) electrons. The number of rotatable bonds is 6. The second kappa shape index (κ2) is 8.53. The maximum atomic E-state index is 12.5. The fraction of sp³-hybridized carbons (Fsp3) is 0.167. The summed E-state index contributed by atoms with van der Waals surface area (Å²) in [5.74, 6) is -1.96. The Bertz CT molecular complexity index is 998. The highest BCUT2D eigenvalue weighted by molar-refractivity contribution is 7.92. The number of esters is 2. The molecule has 148 valence electrons. The van der Waals surface area contributed by atoms with Gasteiger partial charge in [-0.25, -0.2) is 18.0 Å². The normalized spacial score (nSPS) is 10.7. The number of anilines is 2. The minimum atomic E-state index is -3.50. The van der Waals surface area contributed by atoms with Gasteiger partial charge in [-0.1, -0.05) is 6.07 Å². The minimum Gasteiger partial charge on any atom is -0.465 e. The topological polar surface area (TPSA) is 128 Å². The molecule has 2 rings (SSSR count). The van der Waals surface area contributed by atoms with Crippen molar-refractivity contribution in [1.29, 1.82) is 0 Å². The number of hydrogen-bond donors (Lipinski definition) is 2. The first-order chi connectivity index (χ1) is 13.1. The third-order valence-electron chi connectivity index (χ3n) is 3.46. The van der Waals surface area contributed by atoms with Gasteiger partial charge in [-0.15, -0.1) is 0 Å². The van der Waals surface area contributed by atoms with Gasteiger partial charge in [0.05, 0.1) is 31.6 Å². The Morgan fingerprint density at radius 2 is 1.36 bits per heavy atom. The van der Waals surface area contributed by atoms with E-state index in [-0.39, 0.29) is 28.1 Å². The van der Waals surface area contributed by atoms with Gasteiger partial charge in [0.2, 0.25) is 10.0 Å². The van der Waals surface area contributed by atoms with Gasteiger partial charge < -0.3 is 14.8 Å². The Morgan fingerprint density at radius 3 is 1.86 bits per heavy atom. The van der Waals surface area contributed by atoms with E-state index in [9.17, 15) is 22.8 Å². The molecule has 0 bridgehead atoms. The third kappa shape index (κ3) is 5.55. The molecule has 0 fully saturated rings. The van der Waals surface area contributed by atoms with E-state index in [1.807, 2.05) is 0 Å². The summed E-state index contributed by atoms with van der Waals surface area (Å²) >= 11 is 0. The van der Waals surface area contributed by atoms with E-state index in [1.54, 1.807) is 0 Å². The van der Waals surface area contributed by atoms with Gasteiger partial charge >= 0.3 is 11.9 Å². The van der Waals surface area contributed by atoms with Crippen molar-refractivity contribution in [1.82, 2.24) is 0 Å². The number of amides is 1. The quantitative estimate of drug-likeness (QED) is 0.701. The SMILES string of the molecule is COC(=O)c1cc(NC(=O)c2cccc(NS(C)(=O)=O)c2)cc(C(=O)OC)c1. The minimum absolute atomic E-state index is 0.0493. The lowest BCUT2D eigenvalue weighted by Gasteiger charge is -2.10. The first kappa shape index (κ1) is 20.9. The zero-order chi connectivity index (χ0) is 20.9. The first-order valence-electron chi connectivity index (χ1n) is 7.84. The molecule has 0 atom stereocenters. The van der Waals surface area contributed by atoms with Crippen LogP contribution >= 0.6 is 0 Å². The van der Waals surface area contributed by atoms with Crippen LogP contribution in [0.1, 0.15) is 31.1 Å². The van der Waals surface area contributed by atoms with Crippen LogP contribution in [0.3, 0.4) is 0 Å². The third-order valence-corrected chi connectivity index (χ3v) is 4.07. The molecular weight excluding hydrogens is 388 g/mol. The average molecular weight is 406 g/mol. The molecule has 0 aliphatic carbocycles. The van der Waals surface area contributed by atoms with Crippen molar-refractivity contribution in [2.75, 3.05) is 30.5 Å². The fourth-order valence-electron chi connectivity index (χ4n) is 2.31. The molecule has 0 aliphatic heterocycles. The van der Waals surface area contributed by atoms with Gasteiger partial charge in [-0.3, -0.25) is 9.52 Å². The van der Waals surface area contributed by atoms with Crippen LogP contribution in [-0.2, 0) is 19.5 Å². The van der Waals surface area contributed by atoms with Crippen molar-refractivity contribution in [3.63, 3.8) is 0 Å². The van der Waals surface area contributed by atoms with Crippen LogP contribution in [-0.4, -0.2) is 46.7 Å². The van der Waals surface area contributed by atoms with Crippen molar-refractivity contribution >= 4 is 39.2 Å². The number of methoxy groups -OCH3 is 2. The Hall–Kier alpha value is -3.40. The maximum absolute atomic E-state index is 12.5. The van der Waals surface area contributed by atoms with Gasteiger partial charge in [0.15, 0.2) is 0 Å². The van der Waals surface area contributed by atoms with Gasteiger partial charge in [-0.05, 0) is 36.4 Å². The van der Waals surface area contributed by atoms with E-state index in [0.29, 0.717) is 0 Å². The van der Waals surface area contributed by atoms with Crippen molar-refractivity contribution in [3.05, 3.63) is 59.2 Å². The second-order valence-corrected chi connectivity index (χ2v) is 7.44. The zero-order valence-corrected chi connectivity index (χ0v) is 16.1. The summed E-state index contributed by atoms with van der Waals surface area (Å²) < 4.78 is 34.2. The van der Waals surface area contributed by atoms with Crippen molar-refractivity contribution in [2.24, 2.45) is 0 Å². The predicted molar refractivity (Wildman–Crippen MR) is 102 cm³/mol. The van der Waals surface area contributed by atoms with Crippen molar-refractivity contribution in [3.8, 4) is 0 Å². The summed E-state index contributed by atoms with van der Waals surface area (Å²) in [6.07, 6.45) is 0.992. The molecule has 0 saturated carbocycles. The first-order valence-corrected chi connectivity index (χ1v) is 9.73. The molecule has 0 unspecified atom stereocenters. The average Bonchev–Trinajstić information content (AvgIpc) is 2.65. The van der Waals surface area contributed by atoms with Crippen LogP contribution in [0.4, 0.5) is 11.4 Å². The van der Waals surface area contributed by atoms with E-state index in [1.165, 1.54) is 56.7 Å². The molecule has 0 saturated heterocycles. The number of carbonyl (C=O) groups is 3. The number of carbonyl (C=O) groups excluding carboxylic acids is 3. The molecule has 2 N–H and O–H groups in total. The highest BCUT2D eigenvalue weighted by atomic mass is 32.2. The second-order valence-electron chi connectivity index (χ2n) is 5.69. The molecule has 0 spiro atoms. The Morgan fingerprint density at radius 1 is 0.821 bits per heavy atom. The lowest BCUT2D eigenvalue weighted by atomic mass is 10.1. The van der Waals surface area contributed by atoms with E-state index in [4.69, 9.17) is 0 Å². The van der Waals surface area contributed by atoms with Gasteiger partial charge in [0.1, 0.15) is 0 Å². The smallest absolute Gasteiger partial charge is 0.337 e. The van der Waals surface area contributed by atoms with E-state index < -0.39 is 27.9 Å². The number of ether oxygens (including phenoxy) is 2. The highest BCUT2D eigenvalue weighted by Crippen LogP contribution is 2.19. The summed E-state index contributed by atoms with van der Waals surface area (Å²) in [7, 11) is -1.13. The fourth-order valence-corrected chi connectivity index (χ4v) is 2.87. The van der Waals surface area contributed by atoms with E-state index in [2.05, 4.69) is 19.5 Å². The molecular formula is C18H18N2O7S. The Labute approximate surface area is 161 Å². The van der Waals surface area contributed by atoms with Gasteiger partial charge in [-0.2, -0.15) is 0 Å². The van der Waals surface area contributed by atoms with E-state index in [0.717, 1.165) is 6.26 Å². The molecule has 9 nitrogen and oxygen atoms in total. The summed E-state index contributed by atoms with van der Waals surface area (Å²) in [6, 6.07) is 9.79. The Balaban J connectivity index is 2.34. The molecule has 1 amide bonds. The number of nitrogens with one attached hydrogen (secondary N) is 2. The monoisotopic (exact) mass is 406 g/mol. The lowest BCUT2D eigenvalue weighted by Crippen LogP contribution is -2.15. The molecule has 0 heterocycles. The van der Waals surface area contributed by atoms with Gasteiger partial charge in [0.25, 0.3) is 5.91 Å². The highest BCUT2D eigenvalue weighted by Gasteiger charge is 2.16. The predicted octanol–water partition coefficient (Wildman–Crippen LogP) is 1.88. The lowest BCUT2D eigenvalue weighted by molar-refractivity contribution is 0.0599. The Kier molecular flexibility index (Phi) is 6.37. The molecule has 10 heteroatoms. The van der Waals surface area contributed by atoms with Crippen LogP contribution in [0.2, 0.25) is 0 Å². The number of hydrogen-bond acceptors (Lipinski definition) is 7. The summed E-state index contributed by atoms with van der Waals surface area (Å²) in [6.45, 7) is 0. The van der Waals surface area contributed by atoms with Gasteiger partial charge in [0, 0.05) is 16.9 Å². The van der Waals surface area contributed by atoms with Crippen LogP contribution in [0.15, 0.2) is 42.5 Å². The zero-order valence-electron chi connectivity index (χ0n) is 15.3. The molecule has 2 aromatic carbocycles. The number of sulfonamides is 1. The summed E-state index contributed by atoms with van der Waals surface area (Å²) in [5.41, 5.74) is 0.640. The standard InChI is InChI=1S/C18H18N2O7S/c1-26-17(22)12-7-13(18(23)27-2)10-15(9-12)19-16(21)11-5-4-6-14(8-11)20-28(3,24)25/h4-10,20H,1-3H3,(H,19,21). The summed E-state index contributed by atoms with van der Waals surface area (Å²) in [5, 5.41) is 2.56. The van der Waals surface area contributed by atoms with Crippen LogP contribution in [0, 0.1) is 0 Å². The van der Waals surface area contributed by atoms with Crippen LogP contribution in [0.25, 0.3) is 0 Å². The molecule has 28 heavy (non-hydrogen) atoms. The molecule has 0 aromatic heterocycles. The summed E-state index contributed by atoms with van der Waals surface area (Å²) in [4.78, 5) is 36.1.